The Labute approximate surface area is 128 Å². The lowest BCUT2D eigenvalue weighted by Crippen LogP contribution is -2.18. The Bertz CT molecular complexity index is 549. The van der Waals surface area contributed by atoms with Gasteiger partial charge in [-0.3, -0.25) is 0 Å². The molecule has 2 rings (SSSR count). The third-order valence-electron chi connectivity index (χ3n) is 2.91. The molecule has 19 heavy (non-hydrogen) atoms. The monoisotopic (exact) mass is 313 g/mol. The molecule has 0 aromatic heterocycles. The van der Waals surface area contributed by atoms with Crippen LogP contribution in [0.3, 0.4) is 0 Å². The Morgan fingerprint density at radius 2 is 1.63 bits per heavy atom. The number of rotatable bonds is 4. The lowest BCUT2D eigenvalue weighted by atomic mass is 10.1. The predicted molar refractivity (Wildman–Crippen MR) is 83.2 cm³/mol. The second-order valence-corrected chi connectivity index (χ2v) is 5.68. The molecule has 0 aliphatic rings. The van der Waals surface area contributed by atoms with Gasteiger partial charge in [0.2, 0.25) is 0 Å². The van der Waals surface area contributed by atoms with E-state index in [1.807, 2.05) is 36.4 Å². The quantitative estimate of drug-likeness (QED) is 0.786. The fourth-order valence-electron chi connectivity index (χ4n) is 1.92. The highest BCUT2D eigenvalue weighted by atomic mass is 35.5. The van der Waals surface area contributed by atoms with Gasteiger partial charge < -0.3 is 5.32 Å². The summed E-state index contributed by atoms with van der Waals surface area (Å²) in [7, 11) is 0. The summed E-state index contributed by atoms with van der Waals surface area (Å²) in [6.07, 6.45) is 0. The highest BCUT2D eigenvalue weighted by Crippen LogP contribution is 2.23. The molecule has 1 atom stereocenters. The standard InChI is InChI=1S/C15H14Cl3N/c1-10(14-4-2-3-5-15(14)18)19-9-11-6-12(16)8-13(17)7-11/h2-8,10,19H,9H2,1H3/t10-/m1/s1. The Hall–Kier alpha value is -0.730. The van der Waals surface area contributed by atoms with Gasteiger partial charge in [-0.2, -0.15) is 0 Å². The van der Waals surface area contributed by atoms with Crippen LogP contribution in [0.2, 0.25) is 15.1 Å². The zero-order valence-electron chi connectivity index (χ0n) is 10.5. The Morgan fingerprint density at radius 3 is 2.26 bits per heavy atom. The van der Waals surface area contributed by atoms with E-state index in [4.69, 9.17) is 34.8 Å². The smallest absolute Gasteiger partial charge is 0.0453 e. The van der Waals surface area contributed by atoms with Crippen LogP contribution in [-0.2, 0) is 6.54 Å². The number of hydrogen-bond acceptors (Lipinski definition) is 1. The van der Waals surface area contributed by atoms with Gasteiger partial charge in [-0.15, -0.1) is 0 Å². The Kier molecular flexibility index (Phi) is 5.12. The summed E-state index contributed by atoms with van der Waals surface area (Å²) in [6.45, 7) is 2.76. The Morgan fingerprint density at radius 1 is 1.00 bits per heavy atom. The van der Waals surface area contributed by atoms with E-state index in [2.05, 4.69) is 12.2 Å². The molecule has 0 heterocycles. The lowest BCUT2D eigenvalue weighted by molar-refractivity contribution is 0.575. The van der Waals surface area contributed by atoms with Crippen molar-refractivity contribution in [2.75, 3.05) is 0 Å². The maximum absolute atomic E-state index is 6.17. The van der Waals surface area contributed by atoms with Crippen molar-refractivity contribution in [3.8, 4) is 0 Å². The minimum atomic E-state index is 0.159. The minimum absolute atomic E-state index is 0.159. The van der Waals surface area contributed by atoms with Crippen molar-refractivity contribution in [1.82, 2.24) is 5.32 Å². The minimum Gasteiger partial charge on any atom is -0.306 e. The molecule has 0 aliphatic carbocycles. The van der Waals surface area contributed by atoms with Gasteiger partial charge in [0.05, 0.1) is 0 Å². The highest BCUT2D eigenvalue weighted by molar-refractivity contribution is 6.34. The maximum Gasteiger partial charge on any atom is 0.0453 e. The molecule has 0 fully saturated rings. The van der Waals surface area contributed by atoms with Gasteiger partial charge in [0.15, 0.2) is 0 Å². The van der Waals surface area contributed by atoms with Crippen LogP contribution in [0.1, 0.15) is 24.1 Å². The van der Waals surface area contributed by atoms with Crippen LogP contribution in [0.25, 0.3) is 0 Å². The molecule has 100 valence electrons. The highest BCUT2D eigenvalue weighted by Gasteiger charge is 2.08. The first kappa shape index (κ1) is 14.7. The average Bonchev–Trinajstić information content (AvgIpc) is 2.35. The third kappa shape index (κ3) is 4.12. The van der Waals surface area contributed by atoms with Gasteiger partial charge in [0.25, 0.3) is 0 Å². The largest absolute Gasteiger partial charge is 0.306 e. The molecule has 1 nitrogen and oxygen atoms in total. The molecule has 0 saturated heterocycles. The van der Waals surface area contributed by atoms with Crippen LogP contribution in [0.5, 0.6) is 0 Å². The summed E-state index contributed by atoms with van der Waals surface area (Å²) < 4.78 is 0. The molecule has 0 radical (unpaired) electrons. The average molecular weight is 315 g/mol. The zero-order valence-corrected chi connectivity index (χ0v) is 12.7. The first-order valence-corrected chi connectivity index (χ1v) is 7.12. The van der Waals surface area contributed by atoms with E-state index in [1.54, 1.807) is 6.07 Å². The van der Waals surface area contributed by atoms with Crippen LogP contribution < -0.4 is 5.32 Å². The van der Waals surface area contributed by atoms with E-state index in [9.17, 15) is 0 Å². The van der Waals surface area contributed by atoms with Crippen LogP contribution in [0, 0.1) is 0 Å². The molecule has 0 bridgehead atoms. The fourth-order valence-corrected chi connectivity index (χ4v) is 2.79. The van der Waals surface area contributed by atoms with Gasteiger partial charge in [0, 0.05) is 27.7 Å². The van der Waals surface area contributed by atoms with Gasteiger partial charge >= 0.3 is 0 Å². The van der Waals surface area contributed by atoms with E-state index >= 15 is 0 Å². The van der Waals surface area contributed by atoms with Crippen LogP contribution in [0.4, 0.5) is 0 Å². The van der Waals surface area contributed by atoms with Crippen molar-refractivity contribution in [2.24, 2.45) is 0 Å². The second kappa shape index (κ2) is 6.62. The molecule has 2 aromatic carbocycles. The maximum atomic E-state index is 6.17. The SMILES string of the molecule is C[C@@H](NCc1cc(Cl)cc(Cl)c1)c1ccccc1Cl. The molecule has 0 amide bonds. The molecule has 4 heteroatoms. The van der Waals surface area contributed by atoms with Gasteiger partial charge in [-0.25, -0.2) is 0 Å². The summed E-state index contributed by atoms with van der Waals surface area (Å²) in [5.74, 6) is 0. The molecular formula is C15H14Cl3N. The zero-order chi connectivity index (χ0) is 13.8. The number of halogens is 3. The van der Waals surface area contributed by atoms with Crippen molar-refractivity contribution in [3.63, 3.8) is 0 Å². The van der Waals surface area contributed by atoms with Gasteiger partial charge in [-0.1, -0.05) is 53.0 Å². The normalized spacial score (nSPS) is 12.4. The van der Waals surface area contributed by atoms with Crippen LogP contribution >= 0.6 is 34.8 Å². The molecule has 0 saturated carbocycles. The topological polar surface area (TPSA) is 12.0 Å². The number of benzene rings is 2. The van der Waals surface area contributed by atoms with E-state index in [0.29, 0.717) is 16.6 Å². The number of nitrogens with one attached hydrogen (secondary N) is 1. The van der Waals surface area contributed by atoms with Gasteiger partial charge in [0.1, 0.15) is 0 Å². The van der Waals surface area contributed by atoms with Crippen molar-refractivity contribution in [1.29, 1.82) is 0 Å². The summed E-state index contributed by atoms with van der Waals surface area (Å²) in [4.78, 5) is 0. The van der Waals surface area contributed by atoms with E-state index in [1.165, 1.54) is 0 Å². The van der Waals surface area contributed by atoms with Crippen molar-refractivity contribution in [3.05, 3.63) is 68.7 Å². The molecule has 0 aliphatic heterocycles. The number of hydrogen-bond donors (Lipinski definition) is 1. The molecule has 0 spiro atoms. The fraction of sp³-hybridized carbons (Fsp3) is 0.200. The summed E-state index contributed by atoms with van der Waals surface area (Å²) in [5.41, 5.74) is 2.13. The van der Waals surface area contributed by atoms with E-state index < -0.39 is 0 Å². The van der Waals surface area contributed by atoms with Crippen molar-refractivity contribution < 1.29 is 0 Å². The lowest BCUT2D eigenvalue weighted by Gasteiger charge is -2.16. The van der Waals surface area contributed by atoms with E-state index in [0.717, 1.165) is 16.1 Å². The third-order valence-corrected chi connectivity index (χ3v) is 3.69. The summed E-state index contributed by atoms with van der Waals surface area (Å²) in [5, 5.41) is 5.47. The van der Waals surface area contributed by atoms with Crippen molar-refractivity contribution >= 4 is 34.8 Å². The van der Waals surface area contributed by atoms with Gasteiger partial charge in [-0.05, 0) is 42.3 Å². The Balaban J connectivity index is 2.04. The van der Waals surface area contributed by atoms with E-state index in [-0.39, 0.29) is 6.04 Å². The molecular weight excluding hydrogens is 301 g/mol. The van der Waals surface area contributed by atoms with Crippen molar-refractivity contribution in [2.45, 2.75) is 19.5 Å². The predicted octanol–water partition coefficient (Wildman–Crippen LogP) is 5.50. The first-order chi connectivity index (χ1) is 9.06. The molecule has 0 unspecified atom stereocenters. The second-order valence-electron chi connectivity index (χ2n) is 4.40. The summed E-state index contributed by atoms with van der Waals surface area (Å²) >= 11 is 18.1. The molecule has 2 aromatic rings. The van der Waals surface area contributed by atoms with Crippen LogP contribution in [-0.4, -0.2) is 0 Å². The van der Waals surface area contributed by atoms with Crippen LogP contribution in [0.15, 0.2) is 42.5 Å². The summed E-state index contributed by atoms with van der Waals surface area (Å²) in [6, 6.07) is 13.5. The first-order valence-electron chi connectivity index (χ1n) is 5.99. The molecule has 1 N–H and O–H groups in total.